The summed E-state index contributed by atoms with van der Waals surface area (Å²) in [6, 6.07) is 18.1. The Morgan fingerprint density at radius 2 is 1.86 bits per heavy atom. The summed E-state index contributed by atoms with van der Waals surface area (Å²) in [7, 11) is 3.23. The summed E-state index contributed by atoms with van der Waals surface area (Å²) in [5.74, 6) is 0.131. The largest absolute Gasteiger partial charge is 0.497 e. The summed E-state index contributed by atoms with van der Waals surface area (Å²) in [5.41, 5.74) is 3.85. The number of ether oxygens (including phenoxy) is 1. The van der Waals surface area contributed by atoms with E-state index in [1.54, 1.807) is 38.6 Å². The van der Waals surface area contributed by atoms with Crippen molar-refractivity contribution in [2.45, 2.75) is 12.5 Å². The number of hydrogen-bond acceptors (Lipinski definition) is 4. The van der Waals surface area contributed by atoms with Gasteiger partial charge < -0.3 is 15.0 Å². The number of benzene rings is 2. The van der Waals surface area contributed by atoms with Crippen molar-refractivity contribution in [1.82, 2.24) is 10.3 Å². The average molecular weight is 387 g/mol. The van der Waals surface area contributed by atoms with Crippen LogP contribution >= 0.6 is 0 Å². The van der Waals surface area contributed by atoms with Crippen LogP contribution in [0.25, 0.3) is 11.3 Å². The molecule has 1 aliphatic rings. The molecule has 1 aromatic heterocycles. The number of carbonyl (C=O) groups excluding carboxylic acids is 2. The third kappa shape index (κ3) is 3.69. The van der Waals surface area contributed by atoms with Crippen LogP contribution in [0.5, 0.6) is 5.75 Å². The molecule has 1 aliphatic heterocycles. The third-order valence-corrected chi connectivity index (χ3v) is 5.10. The van der Waals surface area contributed by atoms with E-state index in [1.165, 1.54) is 4.90 Å². The van der Waals surface area contributed by atoms with Gasteiger partial charge in [0.25, 0.3) is 5.91 Å². The van der Waals surface area contributed by atoms with Crippen molar-refractivity contribution >= 4 is 17.5 Å². The Labute approximate surface area is 169 Å². The van der Waals surface area contributed by atoms with Crippen molar-refractivity contribution in [1.29, 1.82) is 0 Å². The minimum absolute atomic E-state index is 0.156. The number of carbonyl (C=O) groups is 2. The molecule has 0 saturated carbocycles. The monoisotopic (exact) mass is 387 g/mol. The lowest BCUT2D eigenvalue weighted by molar-refractivity contribution is -0.120. The fraction of sp³-hybridized carbons (Fsp3) is 0.174. The van der Waals surface area contributed by atoms with E-state index in [-0.39, 0.29) is 11.8 Å². The molecule has 4 rings (SSSR count). The highest BCUT2D eigenvalue weighted by Crippen LogP contribution is 2.28. The van der Waals surface area contributed by atoms with E-state index in [4.69, 9.17) is 4.74 Å². The second-order valence-electron chi connectivity index (χ2n) is 6.92. The Balaban J connectivity index is 1.57. The van der Waals surface area contributed by atoms with Crippen LogP contribution in [0.3, 0.4) is 0 Å². The maximum Gasteiger partial charge on any atom is 0.254 e. The fourth-order valence-electron chi connectivity index (χ4n) is 3.49. The number of nitrogens with zero attached hydrogens (tertiary/aromatic N) is 2. The molecule has 0 bridgehead atoms. The molecule has 3 aromatic rings. The highest BCUT2D eigenvalue weighted by atomic mass is 16.5. The fourth-order valence-corrected chi connectivity index (χ4v) is 3.49. The van der Waals surface area contributed by atoms with Crippen LogP contribution in [0.15, 0.2) is 66.9 Å². The minimum atomic E-state index is -0.647. The van der Waals surface area contributed by atoms with Gasteiger partial charge in [0.2, 0.25) is 5.91 Å². The van der Waals surface area contributed by atoms with Crippen molar-refractivity contribution in [3.8, 4) is 17.0 Å². The van der Waals surface area contributed by atoms with Crippen LogP contribution < -0.4 is 15.0 Å². The molecular formula is C23H21N3O3. The Morgan fingerprint density at radius 1 is 1.07 bits per heavy atom. The topological polar surface area (TPSA) is 71.5 Å². The van der Waals surface area contributed by atoms with Gasteiger partial charge in [-0.2, -0.15) is 0 Å². The molecule has 1 N–H and O–H groups in total. The quantitative estimate of drug-likeness (QED) is 0.747. The standard InChI is InChI=1S/C23H21N3O3/c1-26-21-11-10-17(29-2)14-18(21)22(27)25-20(23(26)28)13-15-6-8-16(9-7-15)19-5-3-4-12-24-19/h3-12,14,20H,13H2,1-2H3,(H,25,27). The lowest BCUT2D eigenvalue weighted by atomic mass is 10.0. The first kappa shape index (κ1) is 18.7. The SMILES string of the molecule is COc1ccc2c(c1)C(=O)NC(Cc1ccc(-c3ccccn3)cc1)C(=O)N2C. The third-order valence-electron chi connectivity index (χ3n) is 5.10. The van der Waals surface area contributed by atoms with Gasteiger partial charge in [0.1, 0.15) is 11.8 Å². The molecule has 29 heavy (non-hydrogen) atoms. The molecule has 0 spiro atoms. The van der Waals surface area contributed by atoms with Crippen LogP contribution in [0.1, 0.15) is 15.9 Å². The summed E-state index contributed by atoms with van der Waals surface area (Å²) in [6.45, 7) is 0. The molecule has 2 amide bonds. The summed E-state index contributed by atoms with van der Waals surface area (Å²) in [5, 5.41) is 2.86. The Bertz CT molecular complexity index is 1050. The molecule has 2 heterocycles. The summed E-state index contributed by atoms with van der Waals surface area (Å²) >= 11 is 0. The predicted molar refractivity (Wildman–Crippen MR) is 111 cm³/mol. The second-order valence-corrected chi connectivity index (χ2v) is 6.92. The van der Waals surface area contributed by atoms with E-state index < -0.39 is 6.04 Å². The van der Waals surface area contributed by atoms with E-state index in [1.807, 2.05) is 42.5 Å². The van der Waals surface area contributed by atoms with Crippen molar-refractivity contribution in [3.63, 3.8) is 0 Å². The summed E-state index contributed by atoms with van der Waals surface area (Å²) in [4.78, 5) is 31.6. The number of rotatable bonds is 4. The minimum Gasteiger partial charge on any atom is -0.497 e. The number of methoxy groups -OCH3 is 1. The van der Waals surface area contributed by atoms with Gasteiger partial charge in [0.15, 0.2) is 0 Å². The number of likely N-dealkylation sites (N-methyl/N-ethyl adjacent to an activating group) is 1. The van der Waals surface area contributed by atoms with Crippen molar-refractivity contribution in [3.05, 3.63) is 78.0 Å². The number of anilines is 1. The highest BCUT2D eigenvalue weighted by Gasteiger charge is 2.32. The second kappa shape index (κ2) is 7.75. The zero-order valence-electron chi connectivity index (χ0n) is 16.3. The molecule has 0 saturated heterocycles. The first-order valence-electron chi connectivity index (χ1n) is 9.33. The molecule has 6 nitrogen and oxygen atoms in total. The smallest absolute Gasteiger partial charge is 0.254 e. The van der Waals surface area contributed by atoms with Gasteiger partial charge in [-0.05, 0) is 35.9 Å². The summed E-state index contributed by atoms with van der Waals surface area (Å²) < 4.78 is 5.21. The number of fused-ring (bicyclic) bond motifs is 1. The maximum absolute atomic E-state index is 13.0. The molecule has 0 radical (unpaired) electrons. The molecule has 1 unspecified atom stereocenters. The van der Waals surface area contributed by atoms with Gasteiger partial charge in [-0.25, -0.2) is 0 Å². The number of pyridine rings is 1. The van der Waals surface area contributed by atoms with E-state index in [0.29, 0.717) is 23.4 Å². The van der Waals surface area contributed by atoms with Crippen LogP contribution in [0.4, 0.5) is 5.69 Å². The molecular weight excluding hydrogens is 366 g/mol. The van der Waals surface area contributed by atoms with Gasteiger partial charge in [-0.1, -0.05) is 30.3 Å². The molecule has 0 aliphatic carbocycles. The van der Waals surface area contributed by atoms with Gasteiger partial charge in [0, 0.05) is 25.2 Å². The van der Waals surface area contributed by atoms with Crippen molar-refractivity contribution in [2.24, 2.45) is 0 Å². The zero-order chi connectivity index (χ0) is 20.4. The normalized spacial score (nSPS) is 16.1. The first-order chi connectivity index (χ1) is 14.1. The lowest BCUT2D eigenvalue weighted by Crippen LogP contribution is -2.45. The molecule has 0 fully saturated rings. The number of nitrogens with one attached hydrogen (secondary N) is 1. The highest BCUT2D eigenvalue weighted by molar-refractivity contribution is 6.11. The first-order valence-corrected chi connectivity index (χ1v) is 9.33. The zero-order valence-corrected chi connectivity index (χ0v) is 16.3. The van der Waals surface area contributed by atoms with Gasteiger partial charge >= 0.3 is 0 Å². The van der Waals surface area contributed by atoms with E-state index in [2.05, 4.69) is 10.3 Å². The van der Waals surface area contributed by atoms with Gasteiger partial charge in [-0.3, -0.25) is 14.6 Å². The average Bonchev–Trinajstić information content (AvgIpc) is 2.85. The van der Waals surface area contributed by atoms with Crippen molar-refractivity contribution in [2.75, 3.05) is 19.1 Å². The maximum atomic E-state index is 13.0. The van der Waals surface area contributed by atoms with Crippen LogP contribution in [0.2, 0.25) is 0 Å². The molecule has 2 aromatic carbocycles. The van der Waals surface area contributed by atoms with E-state index in [9.17, 15) is 9.59 Å². The Morgan fingerprint density at radius 3 is 2.55 bits per heavy atom. The lowest BCUT2D eigenvalue weighted by Gasteiger charge is -2.21. The van der Waals surface area contributed by atoms with Crippen LogP contribution in [0, 0.1) is 0 Å². The van der Waals surface area contributed by atoms with Crippen molar-refractivity contribution < 1.29 is 14.3 Å². The molecule has 146 valence electrons. The molecule has 6 heteroatoms. The number of aromatic nitrogens is 1. The predicted octanol–water partition coefficient (Wildman–Crippen LogP) is 3.07. The van der Waals surface area contributed by atoms with E-state index in [0.717, 1.165) is 16.8 Å². The van der Waals surface area contributed by atoms with Gasteiger partial charge in [0.05, 0.1) is 24.1 Å². The summed E-state index contributed by atoms with van der Waals surface area (Å²) in [6.07, 6.45) is 2.16. The number of amides is 2. The Hall–Kier alpha value is -3.67. The molecule has 1 atom stereocenters. The Kier molecular flexibility index (Phi) is 4.99. The van der Waals surface area contributed by atoms with Crippen LogP contribution in [-0.2, 0) is 11.2 Å². The number of hydrogen-bond donors (Lipinski definition) is 1. The van der Waals surface area contributed by atoms with Gasteiger partial charge in [-0.15, -0.1) is 0 Å². The van der Waals surface area contributed by atoms with Crippen LogP contribution in [-0.4, -0.2) is 37.0 Å². The van der Waals surface area contributed by atoms with E-state index >= 15 is 0 Å².